The molecule has 15 heavy (non-hydrogen) atoms. The second kappa shape index (κ2) is 6.03. The number of hydrogen-bond donors (Lipinski definition) is 0. The van der Waals surface area contributed by atoms with Crippen molar-refractivity contribution in [1.82, 2.24) is 15.1 Å². The zero-order valence-electron chi connectivity index (χ0n) is 9.57. The summed E-state index contributed by atoms with van der Waals surface area (Å²) in [7, 11) is 0. The molecule has 0 aliphatic heterocycles. The van der Waals surface area contributed by atoms with E-state index in [-0.39, 0.29) is 0 Å². The molecule has 0 aliphatic rings. The van der Waals surface area contributed by atoms with E-state index in [1.807, 2.05) is 6.07 Å². The molecule has 3 nitrogen and oxygen atoms in total. The summed E-state index contributed by atoms with van der Waals surface area (Å²) < 4.78 is 0. The highest BCUT2D eigenvalue weighted by molar-refractivity contribution is 6.29. The van der Waals surface area contributed by atoms with E-state index >= 15 is 0 Å². The van der Waals surface area contributed by atoms with Crippen LogP contribution in [-0.2, 0) is 6.54 Å². The van der Waals surface area contributed by atoms with Gasteiger partial charge in [-0.2, -0.15) is 5.10 Å². The van der Waals surface area contributed by atoms with E-state index in [0.717, 1.165) is 25.2 Å². The third-order valence-electron chi connectivity index (χ3n) is 2.67. The lowest BCUT2D eigenvalue weighted by Gasteiger charge is -2.26. The molecule has 0 amide bonds. The largest absolute Gasteiger partial charge is 0.295 e. The Bertz CT molecular complexity index is 286. The van der Waals surface area contributed by atoms with Crippen molar-refractivity contribution in [2.45, 2.75) is 39.8 Å². The Morgan fingerprint density at radius 2 is 2.07 bits per heavy atom. The van der Waals surface area contributed by atoms with E-state index in [4.69, 9.17) is 11.6 Å². The van der Waals surface area contributed by atoms with Crippen LogP contribution < -0.4 is 0 Å². The molecular weight excluding hydrogens is 210 g/mol. The zero-order chi connectivity index (χ0) is 11.3. The molecule has 4 heteroatoms. The van der Waals surface area contributed by atoms with Gasteiger partial charge in [-0.3, -0.25) is 4.90 Å². The van der Waals surface area contributed by atoms with Crippen molar-refractivity contribution >= 4 is 11.6 Å². The molecule has 1 heterocycles. The lowest BCUT2D eigenvalue weighted by atomic mass is 10.2. The highest BCUT2D eigenvalue weighted by atomic mass is 35.5. The minimum Gasteiger partial charge on any atom is -0.295 e. The lowest BCUT2D eigenvalue weighted by molar-refractivity contribution is 0.203. The summed E-state index contributed by atoms with van der Waals surface area (Å²) in [6, 6.07) is 4.29. The fourth-order valence-corrected chi connectivity index (χ4v) is 1.57. The Morgan fingerprint density at radius 1 is 1.33 bits per heavy atom. The number of hydrogen-bond acceptors (Lipinski definition) is 3. The molecule has 1 rings (SSSR count). The summed E-state index contributed by atoms with van der Waals surface area (Å²) >= 11 is 5.68. The second-order valence-electron chi connectivity index (χ2n) is 3.67. The maximum Gasteiger partial charge on any atom is 0.151 e. The first kappa shape index (κ1) is 12.4. The fourth-order valence-electron chi connectivity index (χ4n) is 1.47. The van der Waals surface area contributed by atoms with Crippen molar-refractivity contribution in [2.75, 3.05) is 6.54 Å². The normalized spacial score (nSPS) is 13.1. The SMILES string of the molecule is CCC(C)N(CC)Cc1ccc(Cl)nn1. The van der Waals surface area contributed by atoms with Gasteiger partial charge in [0.05, 0.1) is 5.69 Å². The van der Waals surface area contributed by atoms with E-state index in [0.29, 0.717) is 11.2 Å². The molecule has 84 valence electrons. The van der Waals surface area contributed by atoms with Crippen molar-refractivity contribution in [3.63, 3.8) is 0 Å². The molecule has 0 N–H and O–H groups in total. The second-order valence-corrected chi connectivity index (χ2v) is 4.06. The summed E-state index contributed by atoms with van der Waals surface area (Å²) in [5.74, 6) is 0. The molecule has 0 bridgehead atoms. The monoisotopic (exact) mass is 227 g/mol. The van der Waals surface area contributed by atoms with Gasteiger partial charge in [-0.1, -0.05) is 25.4 Å². The van der Waals surface area contributed by atoms with Crippen molar-refractivity contribution in [3.05, 3.63) is 23.0 Å². The van der Waals surface area contributed by atoms with E-state index in [1.165, 1.54) is 0 Å². The van der Waals surface area contributed by atoms with Gasteiger partial charge in [-0.15, -0.1) is 5.10 Å². The van der Waals surface area contributed by atoms with Crippen LogP contribution in [0.3, 0.4) is 0 Å². The Balaban J connectivity index is 2.62. The van der Waals surface area contributed by atoms with Crippen LogP contribution in [0.15, 0.2) is 12.1 Å². The van der Waals surface area contributed by atoms with E-state index in [1.54, 1.807) is 6.07 Å². The average Bonchev–Trinajstić information content (AvgIpc) is 2.27. The molecule has 0 saturated heterocycles. The van der Waals surface area contributed by atoms with Gasteiger partial charge in [-0.05, 0) is 32.0 Å². The van der Waals surface area contributed by atoms with Crippen LogP contribution >= 0.6 is 11.6 Å². The van der Waals surface area contributed by atoms with Gasteiger partial charge < -0.3 is 0 Å². The molecule has 0 spiro atoms. The summed E-state index contributed by atoms with van der Waals surface area (Å²) in [6.45, 7) is 8.46. The molecular formula is C11H18ClN3. The first-order chi connectivity index (χ1) is 7.17. The van der Waals surface area contributed by atoms with Gasteiger partial charge in [0.15, 0.2) is 5.15 Å². The summed E-state index contributed by atoms with van der Waals surface area (Å²) in [5, 5.41) is 8.35. The van der Waals surface area contributed by atoms with Gasteiger partial charge in [0.1, 0.15) is 0 Å². The van der Waals surface area contributed by atoms with Crippen LogP contribution in [0.1, 0.15) is 32.9 Å². The predicted octanol–water partition coefficient (Wildman–Crippen LogP) is 2.75. The van der Waals surface area contributed by atoms with Gasteiger partial charge in [0.2, 0.25) is 0 Å². The average molecular weight is 228 g/mol. The smallest absolute Gasteiger partial charge is 0.151 e. The lowest BCUT2D eigenvalue weighted by Crippen LogP contribution is -2.32. The number of halogens is 1. The van der Waals surface area contributed by atoms with Gasteiger partial charge in [0.25, 0.3) is 0 Å². The summed E-state index contributed by atoms with van der Waals surface area (Å²) in [6.07, 6.45) is 1.15. The van der Waals surface area contributed by atoms with Crippen LogP contribution in [0.2, 0.25) is 5.15 Å². The van der Waals surface area contributed by atoms with Gasteiger partial charge in [0, 0.05) is 12.6 Å². The van der Waals surface area contributed by atoms with Crippen LogP contribution in [0.25, 0.3) is 0 Å². The molecule has 0 radical (unpaired) electrons. The summed E-state index contributed by atoms with van der Waals surface area (Å²) in [5.41, 5.74) is 0.974. The molecule has 1 unspecified atom stereocenters. The van der Waals surface area contributed by atoms with Gasteiger partial charge in [-0.25, -0.2) is 0 Å². The highest BCUT2D eigenvalue weighted by Crippen LogP contribution is 2.09. The highest BCUT2D eigenvalue weighted by Gasteiger charge is 2.11. The van der Waals surface area contributed by atoms with E-state index in [9.17, 15) is 0 Å². The molecule has 0 aromatic carbocycles. The van der Waals surface area contributed by atoms with Crippen molar-refractivity contribution in [2.24, 2.45) is 0 Å². The zero-order valence-corrected chi connectivity index (χ0v) is 10.3. The van der Waals surface area contributed by atoms with E-state index < -0.39 is 0 Å². The van der Waals surface area contributed by atoms with Gasteiger partial charge >= 0.3 is 0 Å². The maximum absolute atomic E-state index is 5.68. The van der Waals surface area contributed by atoms with Crippen molar-refractivity contribution in [3.8, 4) is 0 Å². The van der Waals surface area contributed by atoms with Crippen LogP contribution in [0.4, 0.5) is 0 Å². The quantitative estimate of drug-likeness (QED) is 0.775. The molecule has 1 atom stereocenters. The van der Waals surface area contributed by atoms with Crippen LogP contribution in [0, 0.1) is 0 Å². The molecule has 1 aromatic heterocycles. The van der Waals surface area contributed by atoms with Crippen molar-refractivity contribution in [1.29, 1.82) is 0 Å². The van der Waals surface area contributed by atoms with E-state index in [2.05, 4.69) is 35.9 Å². The van der Waals surface area contributed by atoms with Crippen molar-refractivity contribution < 1.29 is 0 Å². The third kappa shape index (κ3) is 3.76. The number of aromatic nitrogens is 2. The topological polar surface area (TPSA) is 29.0 Å². The predicted molar refractivity (Wildman–Crippen MR) is 62.9 cm³/mol. The Morgan fingerprint density at radius 3 is 2.53 bits per heavy atom. The first-order valence-electron chi connectivity index (χ1n) is 5.39. The Labute approximate surface area is 96.5 Å². The molecule has 0 fully saturated rings. The molecule has 1 aromatic rings. The maximum atomic E-state index is 5.68. The Hall–Kier alpha value is -0.670. The van der Waals surface area contributed by atoms with Crippen LogP contribution in [0.5, 0.6) is 0 Å². The minimum atomic E-state index is 0.449. The number of rotatable bonds is 5. The molecule has 0 aliphatic carbocycles. The number of nitrogens with zero attached hydrogens (tertiary/aromatic N) is 3. The third-order valence-corrected chi connectivity index (χ3v) is 2.87. The Kier molecular flexibility index (Phi) is 4.99. The summed E-state index contributed by atoms with van der Waals surface area (Å²) in [4.78, 5) is 2.37. The minimum absolute atomic E-state index is 0.449. The first-order valence-corrected chi connectivity index (χ1v) is 5.77. The fraction of sp³-hybridized carbons (Fsp3) is 0.636. The van der Waals surface area contributed by atoms with Crippen LogP contribution in [-0.4, -0.2) is 27.7 Å². The molecule has 0 saturated carbocycles. The standard InChI is InChI=1S/C11H18ClN3/c1-4-9(3)15(5-2)8-10-6-7-11(12)14-13-10/h6-7,9H,4-5,8H2,1-3H3.